The number of carboxylic acids is 1. The van der Waals surface area contributed by atoms with Gasteiger partial charge < -0.3 is 20.0 Å². The minimum Gasteiger partial charge on any atom is -0.477 e. The van der Waals surface area contributed by atoms with Gasteiger partial charge in [0.25, 0.3) is 0 Å². The Morgan fingerprint density at radius 2 is 2.00 bits per heavy atom. The first-order valence-electron chi connectivity index (χ1n) is 8.63. The number of carbonyl (C=O) groups is 3. The number of carboxylic acid groups (broad SMARTS) is 1. The number of aliphatic hydroxyl groups excluding tert-OH is 1. The molecule has 2 fully saturated rings. The standard InChI is InChI=1S/C18H24N2O5/c1-9(21)13-15-11-6-4-5-10(7-8-12(22)19(2)3)14(11)16(18(24)25)20(15)17(13)23/h7-11,13,15,21H,4-6H2,1-3H3,(H,24,25)/b8-7+/t9-,10-,11+,13-,15-/m1/s1. The van der Waals surface area contributed by atoms with Gasteiger partial charge in [0.05, 0.1) is 18.1 Å². The Bertz CT molecular complexity index is 679. The van der Waals surface area contributed by atoms with Crippen LogP contribution in [0.15, 0.2) is 23.4 Å². The first-order chi connectivity index (χ1) is 11.8. The van der Waals surface area contributed by atoms with Crippen LogP contribution in [0.25, 0.3) is 0 Å². The maximum Gasteiger partial charge on any atom is 0.352 e. The summed E-state index contributed by atoms with van der Waals surface area (Å²) in [5.74, 6) is -2.34. The van der Waals surface area contributed by atoms with Gasteiger partial charge in [-0.1, -0.05) is 12.5 Å². The van der Waals surface area contributed by atoms with Crippen LogP contribution in [0.5, 0.6) is 0 Å². The van der Waals surface area contributed by atoms with E-state index in [9.17, 15) is 24.6 Å². The van der Waals surface area contributed by atoms with E-state index in [0.29, 0.717) is 0 Å². The number of β-lactam (4-membered cyclic amide) rings is 1. The lowest BCUT2D eigenvalue weighted by molar-refractivity contribution is -0.163. The zero-order valence-electron chi connectivity index (χ0n) is 14.7. The zero-order chi connectivity index (χ0) is 18.5. The van der Waals surface area contributed by atoms with Crippen molar-refractivity contribution in [2.24, 2.45) is 17.8 Å². The van der Waals surface area contributed by atoms with Crippen molar-refractivity contribution in [1.82, 2.24) is 9.80 Å². The third-order valence-corrected chi connectivity index (χ3v) is 5.58. The molecule has 0 bridgehead atoms. The summed E-state index contributed by atoms with van der Waals surface area (Å²) >= 11 is 0. The van der Waals surface area contributed by atoms with E-state index in [1.807, 2.05) is 0 Å². The molecule has 3 aliphatic rings. The van der Waals surface area contributed by atoms with E-state index in [2.05, 4.69) is 0 Å². The zero-order valence-corrected chi connectivity index (χ0v) is 14.7. The lowest BCUT2D eigenvalue weighted by Crippen LogP contribution is -2.64. The molecule has 0 aromatic rings. The maximum atomic E-state index is 12.4. The van der Waals surface area contributed by atoms with Crippen LogP contribution < -0.4 is 0 Å². The van der Waals surface area contributed by atoms with Crippen molar-refractivity contribution in [2.45, 2.75) is 38.3 Å². The van der Waals surface area contributed by atoms with Gasteiger partial charge in [0, 0.05) is 25.9 Å². The predicted octanol–water partition coefficient (Wildman–Crippen LogP) is 0.607. The van der Waals surface area contributed by atoms with Gasteiger partial charge in [-0.25, -0.2) is 4.79 Å². The molecule has 0 spiro atoms. The van der Waals surface area contributed by atoms with Crippen molar-refractivity contribution in [3.8, 4) is 0 Å². The number of amides is 2. The van der Waals surface area contributed by atoms with Crippen molar-refractivity contribution < 1.29 is 24.6 Å². The van der Waals surface area contributed by atoms with Gasteiger partial charge in [0.15, 0.2) is 0 Å². The molecule has 1 aliphatic carbocycles. The van der Waals surface area contributed by atoms with E-state index in [0.717, 1.165) is 24.8 Å². The predicted molar refractivity (Wildman–Crippen MR) is 89.1 cm³/mol. The van der Waals surface area contributed by atoms with Crippen LogP contribution in [0.1, 0.15) is 26.2 Å². The number of likely N-dealkylation sites (N-methyl/N-ethyl adjacent to an activating group) is 1. The number of allylic oxidation sites excluding steroid dienone is 1. The molecule has 0 unspecified atom stereocenters. The van der Waals surface area contributed by atoms with E-state index in [1.165, 1.54) is 15.9 Å². The summed E-state index contributed by atoms with van der Waals surface area (Å²) in [6, 6.07) is -0.269. The molecular weight excluding hydrogens is 324 g/mol. The number of nitrogens with zero attached hydrogens (tertiary/aromatic N) is 2. The van der Waals surface area contributed by atoms with E-state index >= 15 is 0 Å². The molecule has 5 atom stereocenters. The van der Waals surface area contributed by atoms with E-state index in [-0.39, 0.29) is 35.4 Å². The molecule has 1 saturated heterocycles. The first-order valence-corrected chi connectivity index (χ1v) is 8.63. The SMILES string of the molecule is C[C@@H](O)[C@H]1C(=O)N2C(C(=O)O)=C3[C@@H](/C=C/C(=O)N(C)C)CCC[C@@H]3[C@H]12. The number of hydrogen-bond donors (Lipinski definition) is 2. The molecule has 0 radical (unpaired) electrons. The summed E-state index contributed by atoms with van der Waals surface area (Å²) in [6.07, 6.45) is 4.90. The molecule has 3 rings (SSSR count). The number of fused-ring (bicyclic) bond motifs is 3. The van der Waals surface area contributed by atoms with Gasteiger partial charge in [0.2, 0.25) is 11.8 Å². The molecule has 2 amide bonds. The fraction of sp³-hybridized carbons (Fsp3) is 0.611. The normalized spacial score (nSPS) is 32.3. The monoisotopic (exact) mass is 348 g/mol. The van der Waals surface area contributed by atoms with Crippen LogP contribution in [0.2, 0.25) is 0 Å². The fourth-order valence-electron chi connectivity index (χ4n) is 4.48. The average Bonchev–Trinajstić information content (AvgIpc) is 2.83. The van der Waals surface area contributed by atoms with Crippen molar-refractivity contribution in [1.29, 1.82) is 0 Å². The average molecular weight is 348 g/mol. The van der Waals surface area contributed by atoms with E-state index in [1.54, 1.807) is 27.1 Å². The van der Waals surface area contributed by atoms with Gasteiger partial charge in [-0.15, -0.1) is 0 Å². The highest BCUT2D eigenvalue weighted by Crippen LogP contribution is 2.54. The number of hydrogen-bond acceptors (Lipinski definition) is 4. The summed E-state index contributed by atoms with van der Waals surface area (Å²) in [5.41, 5.74) is 0.798. The summed E-state index contributed by atoms with van der Waals surface area (Å²) in [6.45, 7) is 1.58. The van der Waals surface area contributed by atoms with Crippen LogP contribution in [-0.4, -0.2) is 64.0 Å². The second kappa shape index (κ2) is 6.29. The lowest BCUT2D eigenvalue weighted by Gasteiger charge is -2.47. The van der Waals surface area contributed by atoms with Crippen molar-refractivity contribution >= 4 is 17.8 Å². The number of rotatable bonds is 4. The van der Waals surface area contributed by atoms with E-state index in [4.69, 9.17) is 0 Å². The van der Waals surface area contributed by atoms with Gasteiger partial charge in [-0.05, 0) is 31.4 Å². The number of carbonyl (C=O) groups excluding carboxylic acids is 2. The fourth-order valence-corrected chi connectivity index (χ4v) is 4.48. The van der Waals surface area contributed by atoms with Gasteiger partial charge >= 0.3 is 5.97 Å². The van der Waals surface area contributed by atoms with Gasteiger partial charge in [0.1, 0.15) is 5.70 Å². The topological polar surface area (TPSA) is 98.1 Å². The first kappa shape index (κ1) is 17.7. The minimum atomic E-state index is -1.11. The Morgan fingerprint density at radius 1 is 1.32 bits per heavy atom. The van der Waals surface area contributed by atoms with Crippen molar-refractivity contribution in [3.05, 3.63) is 23.4 Å². The Hall–Kier alpha value is -2.15. The summed E-state index contributed by atoms with van der Waals surface area (Å²) in [4.78, 5) is 38.9. The highest BCUT2D eigenvalue weighted by atomic mass is 16.4. The summed E-state index contributed by atoms with van der Waals surface area (Å²) < 4.78 is 0. The number of aliphatic carboxylic acids is 1. The van der Waals surface area contributed by atoms with Crippen molar-refractivity contribution in [2.75, 3.05) is 14.1 Å². The third kappa shape index (κ3) is 2.66. The summed E-state index contributed by atoms with van der Waals surface area (Å²) in [7, 11) is 3.32. The van der Waals surface area contributed by atoms with E-state index < -0.39 is 18.0 Å². The molecule has 2 heterocycles. The smallest absolute Gasteiger partial charge is 0.352 e. The molecule has 1 saturated carbocycles. The van der Waals surface area contributed by atoms with Crippen LogP contribution in [-0.2, 0) is 14.4 Å². The van der Waals surface area contributed by atoms with Crippen LogP contribution in [0, 0.1) is 17.8 Å². The lowest BCUT2D eigenvalue weighted by atomic mass is 9.69. The molecule has 7 nitrogen and oxygen atoms in total. The molecular formula is C18H24N2O5. The molecule has 2 N–H and O–H groups in total. The van der Waals surface area contributed by atoms with Crippen molar-refractivity contribution in [3.63, 3.8) is 0 Å². The Morgan fingerprint density at radius 3 is 2.56 bits per heavy atom. The summed E-state index contributed by atoms with van der Waals surface area (Å²) in [5, 5.41) is 19.6. The second-order valence-corrected chi connectivity index (χ2v) is 7.31. The van der Waals surface area contributed by atoms with Gasteiger partial charge in [-0.2, -0.15) is 0 Å². The second-order valence-electron chi connectivity index (χ2n) is 7.31. The Kier molecular flexibility index (Phi) is 4.45. The Labute approximate surface area is 146 Å². The largest absolute Gasteiger partial charge is 0.477 e. The maximum absolute atomic E-state index is 12.4. The molecule has 0 aromatic carbocycles. The van der Waals surface area contributed by atoms with Crippen LogP contribution in [0.3, 0.4) is 0 Å². The quantitative estimate of drug-likeness (QED) is 0.573. The Balaban J connectivity index is 1.97. The van der Waals surface area contributed by atoms with Gasteiger partial charge in [-0.3, -0.25) is 9.59 Å². The minimum absolute atomic E-state index is 0.0544. The molecule has 7 heteroatoms. The highest BCUT2D eigenvalue weighted by molar-refractivity contribution is 6.00. The molecule has 0 aromatic heterocycles. The molecule has 25 heavy (non-hydrogen) atoms. The highest BCUT2D eigenvalue weighted by Gasteiger charge is 2.61. The molecule has 2 aliphatic heterocycles. The third-order valence-electron chi connectivity index (χ3n) is 5.58. The van der Waals surface area contributed by atoms with Crippen LogP contribution in [0.4, 0.5) is 0 Å². The molecule has 136 valence electrons. The number of aliphatic hydroxyl groups is 1. The van der Waals surface area contributed by atoms with Crippen LogP contribution >= 0.6 is 0 Å².